The molecule has 16 heavy (non-hydrogen) atoms. The van der Waals surface area contributed by atoms with Crippen LogP contribution in [0.1, 0.15) is 40.0 Å². The van der Waals surface area contributed by atoms with Gasteiger partial charge in [0.05, 0.1) is 12.2 Å². The van der Waals surface area contributed by atoms with Gasteiger partial charge < -0.3 is 10.2 Å². The molecule has 2 N–H and O–H groups in total. The molecule has 0 heterocycles. The predicted octanol–water partition coefficient (Wildman–Crippen LogP) is 2.91. The molecule has 0 saturated heterocycles. The summed E-state index contributed by atoms with van der Waals surface area (Å²) in [4.78, 5) is 0. The number of aliphatic hydroxyl groups is 2. The minimum atomic E-state index is -1.01. The van der Waals surface area contributed by atoms with Crippen LogP contribution in [0.15, 0.2) is 24.8 Å². The highest BCUT2D eigenvalue weighted by Gasteiger charge is 2.30. The van der Waals surface area contributed by atoms with Gasteiger partial charge in [0.2, 0.25) is 0 Å². The molecule has 2 nitrogen and oxygen atoms in total. The van der Waals surface area contributed by atoms with E-state index in [2.05, 4.69) is 20.1 Å². The molecule has 0 aromatic heterocycles. The van der Waals surface area contributed by atoms with Crippen LogP contribution in [0.4, 0.5) is 0 Å². The number of rotatable bonds is 8. The molecule has 0 fully saturated rings. The van der Waals surface area contributed by atoms with E-state index in [0.717, 1.165) is 24.8 Å². The summed E-state index contributed by atoms with van der Waals surface area (Å²) in [6.07, 6.45) is 4.55. The summed E-state index contributed by atoms with van der Waals surface area (Å²) < 4.78 is 0. The minimum absolute atomic E-state index is 0.0670. The Labute approximate surface area is 99.7 Å². The zero-order valence-corrected chi connectivity index (χ0v) is 10.9. The first-order chi connectivity index (χ1) is 7.33. The van der Waals surface area contributed by atoms with Crippen molar-refractivity contribution in [3.63, 3.8) is 0 Å². The average Bonchev–Trinajstić information content (AvgIpc) is 2.22. The van der Waals surface area contributed by atoms with Crippen LogP contribution in [0, 0.1) is 11.8 Å². The van der Waals surface area contributed by atoms with Gasteiger partial charge in [-0.1, -0.05) is 18.6 Å². The highest BCUT2D eigenvalue weighted by molar-refractivity contribution is 4.96. The second-order valence-electron chi connectivity index (χ2n) is 5.16. The second-order valence-corrected chi connectivity index (χ2v) is 5.16. The fourth-order valence-electron chi connectivity index (χ4n) is 1.76. The lowest BCUT2D eigenvalue weighted by molar-refractivity contribution is -0.0503. The highest BCUT2D eigenvalue weighted by atomic mass is 16.3. The van der Waals surface area contributed by atoms with Crippen molar-refractivity contribution in [2.45, 2.75) is 45.6 Å². The van der Waals surface area contributed by atoms with Crippen LogP contribution in [-0.2, 0) is 0 Å². The predicted molar refractivity (Wildman–Crippen MR) is 69.2 cm³/mol. The van der Waals surface area contributed by atoms with Crippen molar-refractivity contribution in [1.82, 2.24) is 0 Å². The molecular formula is C14H26O2. The van der Waals surface area contributed by atoms with E-state index in [1.54, 1.807) is 6.92 Å². The van der Waals surface area contributed by atoms with Crippen LogP contribution < -0.4 is 0 Å². The average molecular weight is 226 g/mol. The molecule has 0 unspecified atom stereocenters. The van der Waals surface area contributed by atoms with Crippen LogP contribution >= 0.6 is 0 Å². The van der Waals surface area contributed by atoms with Crippen molar-refractivity contribution in [3.05, 3.63) is 24.8 Å². The Kier molecular flexibility index (Phi) is 6.61. The van der Waals surface area contributed by atoms with Gasteiger partial charge >= 0.3 is 0 Å². The van der Waals surface area contributed by atoms with Gasteiger partial charge in [0, 0.05) is 0 Å². The molecule has 0 aliphatic rings. The molecule has 2 heteroatoms. The van der Waals surface area contributed by atoms with Crippen LogP contribution in [0.25, 0.3) is 0 Å². The smallest absolute Gasteiger partial charge is 0.0880 e. The standard InChI is InChI=1S/C14H26O2/c1-6-12(4)7-8-13(9-11(2)3)14(5,16)10-15/h6,12-13,15-16H,1-2,7-10H2,3-5H3/t12-,13-,14-/m1/s1. The van der Waals surface area contributed by atoms with Crippen LogP contribution in [0.3, 0.4) is 0 Å². The summed E-state index contributed by atoms with van der Waals surface area (Å²) >= 11 is 0. The van der Waals surface area contributed by atoms with Gasteiger partial charge in [-0.15, -0.1) is 13.2 Å². The number of hydrogen-bond acceptors (Lipinski definition) is 2. The highest BCUT2D eigenvalue weighted by Crippen LogP contribution is 2.29. The molecule has 3 atom stereocenters. The summed E-state index contributed by atoms with van der Waals surface area (Å²) in [5.74, 6) is 0.513. The van der Waals surface area contributed by atoms with E-state index in [-0.39, 0.29) is 12.5 Å². The zero-order chi connectivity index (χ0) is 12.8. The molecule has 0 aromatic carbocycles. The third-order valence-corrected chi connectivity index (χ3v) is 3.17. The lowest BCUT2D eigenvalue weighted by Gasteiger charge is -2.32. The first-order valence-electron chi connectivity index (χ1n) is 5.93. The van der Waals surface area contributed by atoms with E-state index in [9.17, 15) is 10.2 Å². The summed E-state index contributed by atoms with van der Waals surface area (Å²) in [6.45, 7) is 13.2. The monoisotopic (exact) mass is 226 g/mol. The van der Waals surface area contributed by atoms with Crippen molar-refractivity contribution < 1.29 is 10.2 Å². The summed E-state index contributed by atoms with van der Waals surface area (Å²) in [7, 11) is 0. The molecule has 0 spiro atoms. The van der Waals surface area contributed by atoms with Gasteiger partial charge in [-0.2, -0.15) is 0 Å². The fourth-order valence-corrected chi connectivity index (χ4v) is 1.76. The van der Waals surface area contributed by atoms with Crippen molar-refractivity contribution in [1.29, 1.82) is 0 Å². The number of aliphatic hydroxyl groups excluding tert-OH is 1. The van der Waals surface area contributed by atoms with Gasteiger partial charge in [0.15, 0.2) is 0 Å². The fraction of sp³-hybridized carbons (Fsp3) is 0.714. The maximum Gasteiger partial charge on any atom is 0.0880 e. The van der Waals surface area contributed by atoms with E-state index < -0.39 is 5.60 Å². The van der Waals surface area contributed by atoms with Crippen molar-refractivity contribution >= 4 is 0 Å². The van der Waals surface area contributed by atoms with Gasteiger partial charge in [-0.05, 0) is 44.9 Å². The van der Waals surface area contributed by atoms with Crippen LogP contribution in [0.2, 0.25) is 0 Å². The normalized spacial score (nSPS) is 18.6. The van der Waals surface area contributed by atoms with E-state index >= 15 is 0 Å². The molecular weight excluding hydrogens is 200 g/mol. The summed E-state index contributed by atoms with van der Waals surface area (Å²) in [5.41, 5.74) is 0.0322. The van der Waals surface area contributed by atoms with Gasteiger partial charge in [-0.3, -0.25) is 0 Å². The summed E-state index contributed by atoms with van der Waals surface area (Å²) in [6, 6.07) is 0. The number of allylic oxidation sites excluding steroid dienone is 2. The Morgan fingerprint density at radius 3 is 2.38 bits per heavy atom. The van der Waals surface area contributed by atoms with Crippen molar-refractivity contribution in [3.8, 4) is 0 Å². The molecule has 0 aliphatic heterocycles. The molecule has 0 bridgehead atoms. The summed E-state index contributed by atoms with van der Waals surface area (Å²) in [5, 5.41) is 19.3. The van der Waals surface area contributed by atoms with E-state index in [0.29, 0.717) is 5.92 Å². The zero-order valence-electron chi connectivity index (χ0n) is 10.9. The Morgan fingerprint density at radius 2 is 2.00 bits per heavy atom. The quantitative estimate of drug-likeness (QED) is 0.625. The molecule has 94 valence electrons. The van der Waals surface area contributed by atoms with Crippen LogP contribution in [0.5, 0.6) is 0 Å². The maximum atomic E-state index is 10.1. The first kappa shape index (κ1) is 15.4. The van der Waals surface area contributed by atoms with Crippen molar-refractivity contribution in [2.24, 2.45) is 11.8 Å². The molecule has 0 aliphatic carbocycles. The lowest BCUT2D eigenvalue weighted by Crippen LogP contribution is -2.38. The van der Waals surface area contributed by atoms with E-state index in [4.69, 9.17) is 0 Å². The molecule has 0 radical (unpaired) electrons. The largest absolute Gasteiger partial charge is 0.393 e. The maximum absolute atomic E-state index is 10.1. The minimum Gasteiger partial charge on any atom is -0.393 e. The third kappa shape index (κ3) is 5.47. The van der Waals surface area contributed by atoms with Gasteiger partial charge in [0.1, 0.15) is 0 Å². The number of hydrogen-bond donors (Lipinski definition) is 2. The molecule has 0 saturated carbocycles. The van der Waals surface area contributed by atoms with E-state index in [1.807, 2.05) is 13.0 Å². The Balaban J connectivity index is 4.43. The Morgan fingerprint density at radius 1 is 1.44 bits per heavy atom. The topological polar surface area (TPSA) is 40.5 Å². The molecule has 0 rings (SSSR count). The second kappa shape index (κ2) is 6.87. The van der Waals surface area contributed by atoms with Gasteiger partial charge in [-0.25, -0.2) is 0 Å². The van der Waals surface area contributed by atoms with Gasteiger partial charge in [0.25, 0.3) is 0 Å². The van der Waals surface area contributed by atoms with Crippen LogP contribution in [-0.4, -0.2) is 22.4 Å². The first-order valence-corrected chi connectivity index (χ1v) is 5.93. The van der Waals surface area contributed by atoms with E-state index in [1.165, 1.54) is 0 Å². The van der Waals surface area contributed by atoms with Crippen molar-refractivity contribution in [2.75, 3.05) is 6.61 Å². The SMILES string of the molecule is C=C[C@@H](C)CC[C@H](CC(=C)C)[C@](C)(O)CO. The molecule has 0 amide bonds. The third-order valence-electron chi connectivity index (χ3n) is 3.17. The Bertz CT molecular complexity index is 231. The molecule has 0 aromatic rings. The Hall–Kier alpha value is -0.600. The lowest BCUT2D eigenvalue weighted by atomic mass is 9.80.